The first-order valence-corrected chi connectivity index (χ1v) is 24.5. The Labute approximate surface area is 240 Å². The second-order valence-corrected chi connectivity index (χ2v) is 29.7. The first-order chi connectivity index (χ1) is 17.5. The molecule has 0 aliphatic carbocycles. The molecule has 0 aliphatic heterocycles. The van der Waals surface area contributed by atoms with Crippen LogP contribution in [0.4, 0.5) is 0 Å². The summed E-state index contributed by atoms with van der Waals surface area (Å²) < 4.78 is 8.85. The second-order valence-electron chi connectivity index (χ2n) is 13.6. The summed E-state index contributed by atoms with van der Waals surface area (Å²) >= 11 is 0. The van der Waals surface area contributed by atoms with Crippen LogP contribution < -0.4 is 10.6 Å². The maximum absolute atomic E-state index is 3.11. The van der Waals surface area contributed by atoms with E-state index in [1.165, 1.54) is 10.6 Å². The van der Waals surface area contributed by atoms with E-state index in [0.29, 0.717) is 24.2 Å². The summed E-state index contributed by atoms with van der Waals surface area (Å²) in [6.45, 7) is 34.6. The van der Waals surface area contributed by atoms with Gasteiger partial charge < -0.3 is 4.00 Å². The lowest BCUT2D eigenvalue weighted by Crippen LogP contribution is -2.59. The number of benzene rings is 2. The molecule has 2 aromatic rings. The molecule has 1 atom stereocenters. The zero-order valence-corrected chi connectivity index (χ0v) is 30.7. The van der Waals surface area contributed by atoms with Crippen LogP contribution in [0.25, 0.3) is 0 Å². The molecule has 0 spiro atoms. The lowest BCUT2D eigenvalue weighted by molar-refractivity contribution is 0.320. The Balaban J connectivity index is 3.27. The average Bonchev–Trinajstić information content (AvgIpc) is 2.76. The number of hydrogen-bond donors (Lipinski definition) is 0. The largest absolute Gasteiger partial charge is 0.309 e. The Kier molecular flexibility index (Phi) is 11.9. The fourth-order valence-corrected chi connectivity index (χ4v) is 29.1. The normalized spacial score (nSPS) is 14.6. The third kappa shape index (κ3) is 7.61. The van der Waals surface area contributed by atoms with Crippen molar-refractivity contribution in [2.75, 3.05) is 0 Å². The lowest BCUT2D eigenvalue weighted by atomic mass is 10.3. The van der Waals surface area contributed by atoms with Crippen LogP contribution in [-0.2, 0) is 0 Å². The van der Waals surface area contributed by atoms with E-state index in [0.717, 1.165) is 0 Å². The molecule has 7 heteroatoms. The summed E-state index contributed by atoms with van der Waals surface area (Å²) in [6.07, 6.45) is 0. The van der Waals surface area contributed by atoms with E-state index in [4.69, 9.17) is 0 Å². The molecule has 0 fully saturated rings. The average molecular weight is 590 g/mol. The summed E-state index contributed by atoms with van der Waals surface area (Å²) in [6, 6.07) is 24.7. The molecule has 2 aromatic carbocycles. The molecule has 0 saturated heterocycles. The molecule has 38 heavy (non-hydrogen) atoms. The molecular formula is C31H57N3P2Si2. The first kappa shape index (κ1) is 33.7. The molecule has 0 aromatic heterocycles. The standard InChI is InChI=1S/C31H57N3P2Si2/c1-26(2)32(27(3)4)35(34(37(9,10)11)38(12,13)14)25-36(30-21-17-15-18-22-30,31-23-19-16-20-24-31)33(28(5)6)29(7)8/h15-29H,1-14H3. The van der Waals surface area contributed by atoms with Crippen LogP contribution in [0.2, 0.25) is 39.3 Å². The van der Waals surface area contributed by atoms with Crippen molar-refractivity contribution in [1.29, 1.82) is 0 Å². The highest BCUT2D eigenvalue weighted by molar-refractivity contribution is 7.98. The third-order valence-corrected chi connectivity index (χ3v) is 26.0. The van der Waals surface area contributed by atoms with E-state index >= 15 is 0 Å². The highest BCUT2D eigenvalue weighted by Gasteiger charge is 2.45. The van der Waals surface area contributed by atoms with Gasteiger partial charge in [-0.15, -0.1) is 0 Å². The minimum atomic E-state index is -2.11. The van der Waals surface area contributed by atoms with Gasteiger partial charge in [-0.25, -0.2) is 0 Å². The van der Waals surface area contributed by atoms with Crippen molar-refractivity contribution >= 4 is 47.9 Å². The van der Waals surface area contributed by atoms with E-state index in [1.807, 2.05) is 0 Å². The number of nitrogens with zero attached hydrogens (tertiary/aromatic N) is 3. The summed E-state index contributed by atoms with van der Waals surface area (Å²) in [5, 5.41) is 2.94. The first-order valence-electron chi connectivity index (χ1n) is 14.5. The Morgan fingerprint density at radius 3 is 1.18 bits per heavy atom. The van der Waals surface area contributed by atoms with Crippen LogP contribution >= 0.6 is 15.3 Å². The van der Waals surface area contributed by atoms with Crippen molar-refractivity contribution in [3.8, 4) is 0 Å². The highest BCUT2D eigenvalue weighted by atomic mass is 31.2. The molecule has 0 saturated carbocycles. The molecule has 0 aliphatic rings. The van der Waals surface area contributed by atoms with Gasteiger partial charge in [-0.05, 0) is 71.5 Å². The molecule has 1 unspecified atom stereocenters. The molecule has 0 amide bonds. The molecule has 0 N–H and O–H groups in total. The third-order valence-electron chi connectivity index (χ3n) is 6.76. The van der Waals surface area contributed by atoms with Crippen molar-refractivity contribution in [3.63, 3.8) is 0 Å². The molecule has 0 heterocycles. The van der Waals surface area contributed by atoms with Gasteiger partial charge in [0.25, 0.3) is 0 Å². The molecule has 214 valence electrons. The maximum atomic E-state index is 3.11. The summed E-state index contributed by atoms with van der Waals surface area (Å²) in [5.41, 5.74) is 2.93. The van der Waals surface area contributed by atoms with Crippen molar-refractivity contribution in [1.82, 2.24) is 13.3 Å². The van der Waals surface area contributed by atoms with Crippen LogP contribution in [0.1, 0.15) is 55.4 Å². The minimum Gasteiger partial charge on any atom is -0.309 e. The van der Waals surface area contributed by atoms with Crippen molar-refractivity contribution < 1.29 is 0 Å². The summed E-state index contributed by atoms with van der Waals surface area (Å²) in [5.74, 6) is 0. The SMILES string of the molecule is CC(C)N(C(C)C)P(C=P(c1ccccc1)(c1ccccc1)N(C(C)C)C(C)C)N([Si](C)(C)C)[Si](C)(C)C. The monoisotopic (exact) mass is 589 g/mol. The van der Waals surface area contributed by atoms with Crippen LogP contribution in [0.5, 0.6) is 0 Å². The molecule has 2 rings (SSSR count). The predicted molar refractivity (Wildman–Crippen MR) is 185 cm³/mol. The predicted octanol–water partition coefficient (Wildman–Crippen LogP) is 8.85. The smallest absolute Gasteiger partial charge is 0.117 e. The van der Waals surface area contributed by atoms with Gasteiger partial charge in [0.2, 0.25) is 0 Å². The quantitative estimate of drug-likeness (QED) is 0.181. The van der Waals surface area contributed by atoms with Crippen molar-refractivity contribution in [3.05, 3.63) is 60.7 Å². The minimum absolute atomic E-state index is 0.413. The van der Waals surface area contributed by atoms with Gasteiger partial charge >= 0.3 is 0 Å². The maximum Gasteiger partial charge on any atom is 0.117 e. The topological polar surface area (TPSA) is 9.72 Å². The van der Waals surface area contributed by atoms with E-state index < -0.39 is 31.7 Å². The van der Waals surface area contributed by atoms with Gasteiger partial charge in [-0.2, -0.15) is 0 Å². The summed E-state index contributed by atoms with van der Waals surface area (Å²) in [7, 11) is -6.15. The van der Waals surface area contributed by atoms with E-state index in [1.54, 1.807) is 0 Å². The zero-order chi connectivity index (χ0) is 29.1. The zero-order valence-electron chi connectivity index (χ0n) is 26.9. The van der Waals surface area contributed by atoms with Gasteiger partial charge in [0, 0.05) is 31.2 Å². The highest BCUT2D eigenvalue weighted by Crippen LogP contribution is 2.61. The van der Waals surface area contributed by atoms with Gasteiger partial charge in [0.05, 0.1) is 8.22 Å². The van der Waals surface area contributed by atoms with Crippen LogP contribution in [0, 0.1) is 0 Å². The van der Waals surface area contributed by atoms with Crippen LogP contribution in [0.15, 0.2) is 60.7 Å². The number of rotatable bonds is 12. The van der Waals surface area contributed by atoms with Crippen LogP contribution in [-0.4, -0.2) is 59.5 Å². The molecule has 0 bridgehead atoms. The van der Waals surface area contributed by atoms with E-state index in [2.05, 4.69) is 174 Å². The Bertz CT molecular complexity index is 969. The molecule has 3 nitrogen and oxygen atoms in total. The Morgan fingerprint density at radius 1 is 0.579 bits per heavy atom. The van der Waals surface area contributed by atoms with Crippen molar-refractivity contribution in [2.45, 2.75) is 119 Å². The van der Waals surface area contributed by atoms with E-state index in [9.17, 15) is 0 Å². The number of hydrogen-bond acceptors (Lipinski definition) is 3. The van der Waals surface area contributed by atoms with Crippen LogP contribution in [0.3, 0.4) is 0 Å². The lowest BCUT2D eigenvalue weighted by Gasteiger charge is -2.54. The Hall–Kier alpha value is -0.516. The van der Waals surface area contributed by atoms with E-state index in [-0.39, 0.29) is 0 Å². The fourth-order valence-electron chi connectivity index (χ4n) is 6.30. The Morgan fingerprint density at radius 2 is 0.921 bits per heavy atom. The van der Waals surface area contributed by atoms with Gasteiger partial charge in [0.15, 0.2) is 0 Å². The second kappa shape index (κ2) is 13.4. The fraction of sp³-hybridized carbons (Fsp3) is 0.581. The van der Waals surface area contributed by atoms with Crippen molar-refractivity contribution in [2.24, 2.45) is 0 Å². The van der Waals surface area contributed by atoms with Gasteiger partial charge in [0.1, 0.15) is 16.5 Å². The molecule has 0 radical (unpaired) electrons. The van der Waals surface area contributed by atoms with Gasteiger partial charge in [-0.3, -0.25) is 9.34 Å². The van der Waals surface area contributed by atoms with Gasteiger partial charge in [-0.1, -0.05) is 99.9 Å². The molecular weight excluding hydrogens is 532 g/mol. The summed E-state index contributed by atoms with van der Waals surface area (Å²) in [4.78, 5) is 0.